The fraction of sp³-hybridized carbons (Fsp3) is 0.571. The molecule has 1 rings (SSSR count). The third-order valence-electron chi connectivity index (χ3n) is 3.19. The van der Waals surface area contributed by atoms with Gasteiger partial charge in [0.25, 0.3) is 0 Å². The molecule has 0 fully saturated rings. The summed E-state index contributed by atoms with van der Waals surface area (Å²) in [5.74, 6) is 0.755. The fourth-order valence-corrected chi connectivity index (χ4v) is 2.37. The number of hydrogen-bond donors (Lipinski definition) is 1. The van der Waals surface area contributed by atoms with Crippen LogP contribution in [0.25, 0.3) is 0 Å². The number of benzene rings is 1. The van der Waals surface area contributed by atoms with Crippen molar-refractivity contribution in [3.05, 3.63) is 27.7 Å². The molecular weight excluding hydrogens is 298 g/mol. The highest BCUT2D eigenvalue weighted by Crippen LogP contribution is 2.31. The molecule has 2 unspecified atom stereocenters. The van der Waals surface area contributed by atoms with Crippen LogP contribution in [0.5, 0.6) is 0 Å². The summed E-state index contributed by atoms with van der Waals surface area (Å²) < 4.78 is 0.962. The molecule has 0 bridgehead atoms. The van der Waals surface area contributed by atoms with Crippen LogP contribution in [-0.4, -0.2) is 6.04 Å². The Kier molecular flexibility index (Phi) is 6.35. The van der Waals surface area contributed by atoms with Crippen LogP contribution in [0.15, 0.2) is 22.7 Å². The van der Waals surface area contributed by atoms with Crippen molar-refractivity contribution >= 4 is 33.2 Å². The molecule has 3 heteroatoms. The minimum atomic E-state index is 0.514. The van der Waals surface area contributed by atoms with Crippen molar-refractivity contribution in [1.29, 1.82) is 0 Å². The van der Waals surface area contributed by atoms with Crippen LogP contribution < -0.4 is 5.32 Å². The molecule has 0 spiro atoms. The molecule has 0 aliphatic carbocycles. The van der Waals surface area contributed by atoms with E-state index in [0.29, 0.717) is 6.04 Å². The summed E-state index contributed by atoms with van der Waals surface area (Å²) in [6, 6.07) is 6.45. The van der Waals surface area contributed by atoms with Crippen LogP contribution in [0.1, 0.15) is 40.0 Å². The highest BCUT2D eigenvalue weighted by atomic mass is 79.9. The Morgan fingerprint density at radius 3 is 2.59 bits per heavy atom. The molecule has 1 nitrogen and oxygen atoms in total. The van der Waals surface area contributed by atoms with Gasteiger partial charge < -0.3 is 5.32 Å². The van der Waals surface area contributed by atoms with Gasteiger partial charge >= 0.3 is 0 Å². The van der Waals surface area contributed by atoms with Gasteiger partial charge in [0, 0.05) is 6.04 Å². The molecule has 0 saturated carbocycles. The second-order valence-corrected chi connectivity index (χ2v) is 5.80. The number of halogens is 2. The van der Waals surface area contributed by atoms with Crippen molar-refractivity contribution in [1.82, 2.24) is 0 Å². The van der Waals surface area contributed by atoms with Crippen LogP contribution in [0.4, 0.5) is 5.69 Å². The maximum atomic E-state index is 6.09. The van der Waals surface area contributed by atoms with Crippen LogP contribution in [-0.2, 0) is 0 Å². The van der Waals surface area contributed by atoms with Gasteiger partial charge in [-0.25, -0.2) is 0 Å². The van der Waals surface area contributed by atoms with Crippen LogP contribution >= 0.6 is 27.5 Å². The maximum Gasteiger partial charge on any atom is 0.0593 e. The molecule has 2 atom stereocenters. The second-order valence-electron chi connectivity index (χ2n) is 4.60. The van der Waals surface area contributed by atoms with Gasteiger partial charge in [0.2, 0.25) is 0 Å². The van der Waals surface area contributed by atoms with E-state index < -0.39 is 0 Å². The first-order valence-corrected chi connectivity index (χ1v) is 7.46. The molecule has 0 aliphatic heterocycles. The topological polar surface area (TPSA) is 12.0 Å². The van der Waals surface area contributed by atoms with Gasteiger partial charge in [-0.2, -0.15) is 0 Å². The lowest BCUT2D eigenvalue weighted by Crippen LogP contribution is -2.21. The van der Waals surface area contributed by atoms with E-state index in [1.165, 1.54) is 12.8 Å². The molecule has 1 aromatic rings. The summed E-state index contributed by atoms with van der Waals surface area (Å²) in [7, 11) is 0. The third-order valence-corrected chi connectivity index (χ3v) is 4.59. The van der Waals surface area contributed by atoms with E-state index in [9.17, 15) is 0 Å². The Morgan fingerprint density at radius 2 is 2.00 bits per heavy atom. The van der Waals surface area contributed by atoms with E-state index in [4.69, 9.17) is 11.6 Å². The molecule has 0 aromatic heterocycles. The first kappa shape index (κ1) is 14.8. The molecular formula is C14H21BrClN. The Hall–Kier alpha value is -0.210. The SMILES string of the molecule is CCC(C)CC(CC)Nc1cccc(Cl)c1Br. The number of nitrogens with one attached hydrogen (secondary N) is 1. The fourth-order valence-electron chi connectivity index (χ4n) is 1.82. The zero-order chi connectivity index (χ0) is 12.8. The lowest BCUT2D eigenvalue weighted by molar-refractivity contribution is 0.461. The predicted octanol–water partition coefficient (Wildman–Crippen LogP) is 5.73. The summed E-state index contributed by atoms with van der Waals surface area (Å²) in [5.41, 5.74) is 1.09. The normalized spacial score (nSPS) is 14.4. The molecule has 0 radical (unpaired) electrons. The first-order valence-electron chi connectivity index (χ1n) is 6.29. The number of rotatable bonds is 6. The zero-order valence-electron chi connectivity index (χ0n) is 10.8. The third kappa shape index (κ3) is 4.51. The van der Waals surface area contributed by atoms with Crippen molar-refractivity contribution in [3.8, 4) is 0 Å². The quantitative estimate of drug-likeness (QED) is 0.706. The van der Waals surface area contributed by atoms with Crippen molar-refractivity contribution in [2.24, 2.45) is 5.92 Å². The average Bonchev–Trinajstić information content (AvgIpc) is 2.33. The highest BCUT2D eigenvalue weighted by molar-refractivity contribution is 9.10. The van der Waals surface area contributed by atoms with Gasteiger partial charge in [0.15, 0.2) is 0 Å². The Labute approximate surface area is 118 Å². The van der Waals surface area contributed by atoms with E-state index in [0.717, 1.165) is 27.5 Å². The molecule has 1 N–H and O–H groups in total. The van der Waals surface area contributed by atoms with Gasteiger partial charge in [-0.05, 0) is 46.8 Å². The lowest BCUT2D eigenvalue weighted by Gasteiger charge is -2.22. The lowest BCUT2D eigenvalue weighted by atomic mass is 9.97. The number of hydrogen-bond acceptors (Lipinski definition) is 1. The molecule has 1 aromatic carbocycles. The minimum absolute atomic E-state index is 0.514. The van der Waals surface area contributed by atoms with Gasteiger partial charge in [-0.3, -0.25) is 0 Å². The number of anilines is 1. The van der Waals surface area contributed by atoms with Crippen LogP contribution in [0, 0.1) is 5.92 Å². The van der Waals surface area contributed by atoms with Gasteiger partial charge in [-0.1, -0.05) is 44.9 Å². The van der Waals surface area contributed by atoms with Gasteiger partial charge in [0.1, 0.15) is 0 Å². The zero-order valence-corrected chi connectivity index (χ0v) is 13.1. The van der Waals surface area contributed by atoms with E-state index in [1.54, 1.807) is 0 Å². The van der Waals surface area contributed by atoms with E-state index in [1.807, 2.05) is 12.1 Å². The monoisotopic (exact) mass is 317 g/mol. The minimum Gasteiger partial charge on any atom is -0.381 e. The average molecular weight is 319 g/mol. The summed E-state index contributed by atoms with van der Waals surface area (Å²) in [4.78, 5) is 0. The summed E-state index contributed by atoms with van der Waals surface area (Å²) in [6.45, 7) is 6.77. The Bertz CT molecular complexity index is 354. The van der Waals surface area contributed by atoms with Crippen molar-refractivity contribution < 1.29 is 0 Å². The van der Waals surface area contributed by atoms with E-state index >= 15 is 0 Å². The smallest absolute Gasteiger partial charge is 0.0593 e. The van der Waals surface area contributed by atoms with Gasteiger partial charge in [-0.15, -0.1) is 0 Å². The van der Waals surface area contributed by atoms with Crippen molar-refractivity contribution in [2.45, 2.75) is 46.1 Å². The standard InChI is InChI=1S/C14H21BrClN/c1-4-10(3)9-11(5-2)17-13-8-6-7-12(16)14(13)15/h6-8,10-11,17H,4-5,9H2,1-3H3. The van der Waals surface area contributed by atoms with Crippen molar-refractivity contribution in [3.63, 3.8) is 0 Å². The maximum absolute atomic E-state index is 6.09. The first-order chi connectivity index (χ1) is 8.08. The second kappa shape index (κ2) is 7.27. The predicted molar refractivity (Wildman–Crippen MR) is 80.9 cm³/mol. The van der Waals surface area contributed by atoms with E-state index in [-0.39, 0.29) is 0 Å². The molecule has 0 amide bonds. The summed E-state index contributed by atoms with van der Waals surface area (Å²) in [6.07, 6.45) is 3.56. The van der Waals surface area contributed by atoms with Crippen LogP contribution in [0.2, 0.25) is 5.02 Å². The summed E-state index contributed by atoms with van der Waals surface area (Å²) in [5, 5.41) is 4.33. The highest BCUT2D eigenvalue weighted by Gasteiger charge is 2.12. The summed E-state index contributed by atoms with van der Waals surface area (Å²) >= 11 is 9.61. The molecule has 96 valence electrons. The molecule has 0 saturated heterocycles. The van der Waals surface area contributed by atoms with E-state index in [2.05, 4.69) is 48.1 Å². The van der Waals surface area contributed by atoms with Gasteiger partial charge in [0.05, 0.1) is 15.2 Å². The molecule has 0 heterocycles. The Morgan fingerprint density at radius 1 is 1.29 bits per heavy atom. The Balaban J connectivity index is 2.70. The largest absolute Gasteiger partial charge is 0.381 e. The van der Waals surface area contributed by atoms with Crippen molar-refractivity contribution in [2.75, 3.05) is 5.32 Å². The van der Waals surface area contributed by atoms with Crippen LogP contribution in [0.3, 0.4) is 0 Å². The molecule has 0 aliphatic rings. The molecule has 17 heavy (non-hydrogen) atoms.